The third kappa shape index (κ3) is 5.09. The summed E-state index contributed by atoms with van der Waals surface area (Å²) in [6.07, 6.45) is 3.30. The number of nitrogens with one attached hydrogen (secondary N) is 1. The first-order valence-electron chi connectivity index (χ1n) is 9.72. The average molecular weight is 426 g/mol. The summed E-state index contributed by atoms with van der Waals surface area (Å²) in [6, 6.07) is 10.5. The second-order valence-corrected chi connectivity index (χ2v) is 6.91. The minimum atomic E-state index is -0.293. The fourth-order valence-electron chi connectivity index (χ4n) is 3.45. The molecule has 0 radical (unpaired) electrons. The van der Waals surface area contributed by atoms with Crippen molar-refractivity contribution >= 4 is 23.6 Å². The maximum absolute atomic E-state index is 12.4. The Kier molecular flexibility index (Phi) is 7.02. The van der Waals surface area contributed by atoms with Crippen LogP contribution in [0.4, 0.5) is 5.69 Å². The Morgan fingerprint density at radius 2 is 1.74 bits per heavy atom. The quantitative estimate of drug-likeness (QED) is 0.653. The normalized spacial score (nSPS) is 15.8. The van der Waals surface area contributed by atoms with Gasteiger partial charge in [-0.25, -0.2) is 0 Å². The molecule has 164 valence electrons. The van der Waals surface area contributed by atoms with E-state index in [0.29, 0.717) is 35.1 Å². The van der Waals surface area contributed by atoms with Gasteiger partial charge in [-0.05, 0) is 35.9 Å². The van der Waals surface area contributed by atoms with E-state index in [-0.39, 0.29) is 24.3 Å². The van der Waals surface area contributed by atoms with Crippen LogP contribution in [0.3, 0.4) is 0 Å². The Morgan fingerprint density at radius 1 is 1.03 bits per heavy atom. The molecule has 1 unspecified atom stereocenters. The van der Waals surface area contributed by atoms with E-state index in [1.165, 1.54) is 27.4 Å². The van der Waals surface area contributed by atoms with Crippen molar-refractivity contribution in [2.24, 2.45) is 0 Å². The molecule has 1 heterocycles. The lowest BCUT2D eigenvalue weighted by atomic mass is 10.1. The lowest BCUT2D eigenvalue weighted by Crippen LogP contribution is -2.36. The number of anilines is 1. The molecule has 2 amide bonds. The number of methoxy groups -OCH3 is 4. The summed E-state index contributed by atoms with van der Waals surface area (Å²) in [7, 11) is 6.17. The topological polar surface area (TPSA) is 86.3 Å². The maximum Gasteiger partial charge on any atom is 0.244 e. The van der Waals surface area contributed by atoms with E-state index in [2.05, 4.69) is 5.32 Å². The Bertz CT molecular complexity index is 963. The van der Waals surface area contributed by atoms with E-state index in [1.54, 1.807) is 36.3 Å². The van der Waals surface area contributed by atoms with Gasteiger partial charge in [-0.2, -0.15) is 0 Å². The van der Waals surface area contributed by atoms with Gasteiger partial charge < -0.3 is 29.2 Å². The summed E-state index contributed by atoms with van der Waals surface area (Å²) in [6.45, 7) is 0.399. The SMILES string of the molecule is COc1cccc(N2CC(NC(=O)/C=C/c3cc(OC)c(OC)c(OC)c3)CC2=O)c1. The molecule has 8 nitrogen and oxygen atoms in total. The number of amides is 2. The molecular weight excluding hydrogens is 400 g/mol. The molecule has 0 bridgehead atoms. The van der Waals surface area contributed by atoms with Crippen LogP contribution >= 0.6 is 0 Å². The first-order valence-corrected chi connectivity index (χ1v) is 9.72. The lowest BCUT2D eigenvalue weighted by Gasteiger charge is -2.17. The fourth-order valence-corrected chi connectivity index (χ4v) is 3.45. The molecule has 0 aliphatic carbocycles. The van der Waals surface area contributed by atoms with Crippen LogP contribution < -0.4 is 29.2 Å². The molecular formula is C23H26N2O6. The van der Waals surface area contributed by atoms with Crippen molar-refractivity contribution in [2.45, 2.75) is 12.5 Å². The number of carbonyl (C=O) groups excluding carboxylic acids is 2. The van der Waals surface area contributed by atoms with Gasteiger partial charge in [-0.3, -0.25) is 9.59 Å². The van der Waals surface area contributed by atoms with Gasteiger partial charge in [0.25, 0.3) is 0 Å². The first-order chi connectivity index (χ1) is 15.0. The Morgan fingerprint density at radius 3 is 2.35 bits per heavy atom. The molecule has 0 spiro atoms. The molecule has 1 aliphatic rings. The standard InChI is InChI=1S/C23H26N2O6/c1-28-18-7-5-6-17(13-18)25-14-16(12-22(25)27)24-21(26)9-8-15-10-19(29-2)23(31-4)20(11-15)30-3/h5-11,13,16H,12,14H2,1-4H3,(H,24,26)/b9-8+. The van der Waals surface area contributed by atoms with E-state index < -0.39 is 0 Å². The second kappa shape index (κ2) is 9.88. The van der Waals surface area contributed by atoms with Crippen LogP contribution in [0.5, 0.6) is 23.0 Å². The van der Waals surface area contributed by atoms with Crippen LogP contribution in [0, 0.1) is 0 Å². The summed E-state index contributed by atoms with van der Waals surface area (Å²) < 4.78 is 21.2. The van der Waals surface area contributed by atoms with Crippen molar-refractivity contribution in [3.05, 3.63) is 48.0 Å². The van der Waals surface area contributed by atoms with Gasteiger partial charge in [-0.15, -0.1) is 0 Å². The number of rotatable bonds is 8. The Hall–Kier alpha value is -3.68. The molecule has 1 atom stereocenters. The van der Waals surface area contributed by atoms with E-state index in [4.69, 9.17) is 18.9 Å². The van der Waals surface area contributed by atoms with Gasteiger partial charge in [0.05, 0.1) is 34.5 Å². The second-order valence-electron chi connectivity index (χ2n) is 6.91. The fraction of sp³-hybridized carbons (Fsp3) is 0.304. The van der Waals surface area contributed by atoms with Gasteiger partial charge >= 0.3 is 0 Å². The summed E-state index contributed by atoms with van der Waals surface area (Å²) >= 11 is 0. The molecule has 0 saturated carbocycles. The summed E-state index contributed by atoms with van der Waals surface area (Å²) in [5.74, 6) is 1.81. The smallest absolute Gasteiger partial charge is 0.244 e. The highest BCUT2D eigenvalue weighted by Gasteiger charge is 2.31. The van der Waals surface area contributed by atoms with Crippen LogP contribution in [-0.2, 0) is 9.59 Å². The third-order valence-electron chi connectivity index (χ3n) is 4.95. The molecule has 0 aromatic heterocycles. The van der Waals surface area contributed by atoms with Gasteiger partial charge in [0.15, 0.2) is 11.5 Å². The number of carbonyl (C=O) groups is 2. The number of nitrogens with zero attached hydrogens (tertiary/aromatic N) is 1. The largest absolute Gasteiger partial charge is 0.497 e. The minimum Gasteiger partial charge on any atom is -0.497 e. The van der Waals surface area contributed by atoms with Crippen LogP contribution in [0.25, 0.3) is 6.08 Å². The van der Waals surface area contributed by atoms with Crippen molar-refractivity contribution in [3.63, 3.8) is 0 Å². The Labute approximate surface area is 181 Å². The molecule has 1 fully saturated rings. The maximum atomic E-state index is 12.4. The third-order valence-corrected chi connectivity index (χ3v) is 4.95. The van der Waals surface area contributed by atoms with Gasteiger partial charge in [0.2, 0.25) is 17.6 Å². The first kappa shape index (κ1) is 22.0. The molecule has 2 aromatic carbocycles. The highest BCUT2D eigenvalue weighted by molar-refractivity contribution is 5.98. The van der Waals surface area contributed by atoms with Crippen molar-refractivity contribution in [2.75, 3.05) is 39.9 Å². The number of hydrogen-bond acceptors (Lipinski definition) is 6. The highest BCUT2D eigenvalue weighted by atomic mass is 16.5. The van der Waals surface area contributed by atoms with E-state index in [0.717, 1.165) is 5.69 Å². The zero-order valence-corrected chi connectivity index (χ0v) is 18.0. The molecule has 31 heavy (non-hydrogen) atoms. The molecule has 2 aromatic rings. The molecule has 3 rings (SSSR count). The van der Waals surface area contributed by atoms with Gasteiger partial charge in [0, 0.05) is 30.8 Å². The van der Waals surface area contributed by atoms with Gasteiger partial charge in [-0.1, -0.05) is 6.07 Å². The summed E-state index contributed by atoms with van der Waals surface area (Å²) in [5, 5.41) is 2.88. The number of ether oxygens (including phenoxy) is 4. The van der Waals surface area contributed by atoms with E-state index >= 15 is 0 Å². The zero-order chi connectivity index (χ0) is 22.4. The Balaban J connectivity index is 1.66. The van der Waals surface area contributed by atoms with Crippen LogP contribution in [0.2, 0.25) is 0 Å². The summed E-state index contributed by atoms with van der Waals surface area (Å²) in [5.41, 5.74) is 1.46. The van der Waals surface area contributed by atoms with Crippen molar-refractivity contribution in [1.82, 2.24) is 5.32 Å². The molecule has 8 heteroatoms. The number of benzene rings is 2. The summed E-state index contributed by atoms with van der Waals surface area (Å²) in [4.78, 5) is 26.5. The average Bonchev–Trinajstić information content (AvgIpc) is 3.16. The molecule has 1 aliphatic heterocycles. The van der Waals surface area contributed by atoms with Crippen molar-refractivity contribution in [3.8, 4) is 23.0 Å². The zero-order valence-electron chi connectivity index (χ0n) is 18.0. The van der Waals surface area contributed by atoms with Crippen LogP contribution in [-0.4, -0.2) is 52.8 Å². The minimum absolute atomic E-state index is 0.0489. The van der Waals surface area contributed by atoms with Gasteiger partial charge in [0.1, 0.15) is 5.75 Å². The molecule has 1 saturated heterocycles. The lowest BCUT2D eigenvalue weighted by molar-refractivity contribution is -0.117. The monoisotopic (exact) mass is 426 g/mol. The molecule has 1 N–H and O–H groups in total. The predicted octanol–water partition coefficient (Wildman–Crippen LogP) is 2.66. The predicted molar refractivity (Wildman–Crippen MR) is 117 cm³/mol. The van der Waals surface area contributed by atoms with E-state index in [9.17, 15) is 9.59 Å². The van der Waals surface area contributed by atoms with Crippen LogP contribution in [0.1, 0.15) is 12.0 Å². The van der Waals surface area contributed by atoms with Crippen molar-refractivity contribution in [1.29, 1.82) is 0 Å². The highest BCUT2D eigenvalue weighted by Crippen LogP contribution is 2.38. The van der Waals surface area contributed by atoms with Crippen LogP contribution in [0.15, 0.2) is 42.5 Å². The van der Waals surface area contributed by atoms with Crippen molar-refractivity contribution < 1.29 is 28.5 Å². The number of hydrogen-bond donors (Lipinski definition) is 1. The van der Waals surface area contributed by atoms with E-state index in [1.807, 2.05) is 18.2 Å².